The second-order valence-corrected chi connectivity index (χ2v) is 10.0. The highest BCUT2D eigenvalue weighted by molar-refractivity contribution is 5.53. The van der Waals surface area contributed by atoms with Crippen LogP contribution >= 0.6 is 0 Å². The number of alkyl halides is 3. The lowest BCUT2D eigenvalue weighted by molar-refractivity contribution is -0.160. The smallest absolute Gasteiger partial charge is 0.303 e. The molecule has 2 aromatic heterocycles. The van der Waals surface area contributed by atoms with Crippen molar-refractivity contribution in [3.05, 3.63) is 35.5 Å². The number of nitrogens with zero attached hydrogens (tertiary/aromatic N) is 3. The fraction of sp³-hybridized carbons (Fsp3) is 0.690. The molecule has 2 atom stereocenters. The van der Waals surface area contributed by atoms with E-state index in [0.29, 0.717) is 25.4 Å². The first-order valence-corrected chi connectivity index (χ1v) is 14.2. The van der Waals surface area contributed by atoms with E-state index in [1.807, 2.05) is 0 Å². The topological polar surface area (TPSA) is 66.4 Å². The third kappa shape index (κ3) is 9.38. The number of aryl methyl sites for hydroxylation is 1. The zero-order chi connectivity index (χ0) is 28.1. The van der Waals surface area contributed by atoms with E-state index in [9.17, 15) is 8.78 Å². The Morgan fingerprint density at radius 1 is 0.974 bits per heavy atom. The molecule has 0 fully saturated rings. The van der Waals surface area contributed by atoms with Crippen LogP contribution in [-0.4, -0.2) is 53.7 Å². The first kappa shape index (κ1) is 31.2. The van der Waals surface area contributed by atoms with E-state index in [0.717, 1.165) is 51.6 Å². The Kier molecular flexibility index (Phi) is 12.8. The van der Waals surface area contributed by atoms with Crippen molar-refractivity contribution in [1.82, 2.24) is 15.0 Å². The summed E-state index contributed by atoms with van der Waals surface area (Å²) < 4.78 is 75.9. The number of hydrogen-bond donors (Lipinski definition) is 0. The van der Waals surface area contributed by atoms with Crippen molar-refractivity contribution in [2.24, 2.45) is 0 Å². The normalized spacial score (nSPS) is 17.1. The third-order valence-corrected chi connectivity index (χ3v) is 6.77. The molecule has 2 aromatic rings. The van der Waals surface area contributed by atoms with Crippen LogP contribution in [0.4, 0.5) is 17.6 Å². The lowest BCUT2D eigenvalue weighted by atomic mass is 9.87. The molecule has 0 N–H and O–H groups in total. The van der Waals surface area contributed by atoms with Crippen molar-refractivity contribution in [2.45, 2.75) is 103 Å². The maximum Gasteiger partial charge on any atom is 0.303 e. The fourth-order valence-corrected chi connectivity index (χ4v) is 4.51. The Morgan fingerprint density at radius 2 is 1.69 bits per heavy atom. The Balaban J connectivity index is 1.54. The fourth-order valence-electron chi connectivity index (χ4n) is 4.51. The molecule has 0 saturated carbocycles. The number of fused-ring (bicyclic) bond motifs is 1. The van der Waals surface area contributed by atoms with Gasteiger partial charge in [-0.15, -0.1) is 0 Å². The van der Waals surface area contributed by atoms with Crippen LogP contribution in [0.25, 0.3) is 11.5 Å². The van der Waals surface area contributed by atoms with Crippen molar-refractivity contribution in [3.63, 3.8) is 0 Å². The van der Waals surface area contributed by atoms with Gasteiger partial charge in [0.05, 0.1) is 31.2 Å². The van der Waals surface area contributed by atoms with Crippen LogP contribution in [0.2, 0.25) is 0 Å². The van der Waals surface area contributed by atoms with Gasteiger partial charge in [0.1, 0.15) is 18.0 Å². The van der Waals surface area contributed by atoms with Crippen LogP contribution in [0.15, 0.2) is 18.5 Å². The minimum Gasteiger partial charge on any atom is -0.490 e. The van der Waals surface area contributed by atoms with Crippen LogP contribution in [0.1, 0.15) is 89.2 Å². The highest BCUT2D eigenvalue weighted by Crippen LogP contribution is 2.43. The average molecular weight is 556 g/mol. The molecule has 0 aromatic carbocycles. The second-order valence-electron chi connectivity index (χ2n) is 10.0. The van der Waals surface area contributed by atoms with Gasteiger partial charge in [0.15, 0.2) is 11.6 Å². The zero-order valence-corrected chi connectivity index (χ0v) is 23.1. The molecule has 0 spiro atoms. The van der Waals surface area contributed by atoms with Crippen LogP contribution in [0, 0.1) is 5.95 Å². The average Bonchev–Trinajstić information content (AvgIpc) is 2.92. The van der Waals surface area contributed by atoms with E-state index < -0.39 is 36.3 Å². The quantitative estimate of drug-likeness (QED) is 0.109. The molecule has 6 nitrogen and oxygen atoms in total. The van der Waals surface area contributed by atoms with Crippen molar-refractivity contribution in [1.29, 1.82) is 0 Å². The molecule has 3 rings (SSSR count). The highest BCUT2D eigenvalue weighted by Gasteiger charge is 2.49. The summed E-state index contributed by atoms with van der Waals surface area (Å²) in [5.74, 6) is -4.35. The van der Waals surface area contributed by atoms with Gasteiger partial charge >= 0.3 is 5.92 Å². The summed E-state index contributed by atoms with van der Waals surface area (Å²) in [6.45, 7) is 5.69. The predicted octanol–water partition coefficient (Wildman–Crippen LogP) is 7.39. The first-order valence-electron chi connectivity index (χ1n) is 14.2. The number of ether oxygens (including phenoxy) is 3. The molecule has 0 bridgehead atoms. The van der Waals surface area contributed by atoms with Crippen LogP contribution < -0.4 is 4.74 Å². The Labute approximate surface area is 228 Å². The van der Waals surface area contributed by atoms with Gasteiger partial charge in [0.2, 0.25) is 5.95 Å². The molecular formula is C29H41F4N3O3. The summed E-state index contributed by atoms with van der Waals surface area (Å²) in [7, 11) is 0. The standard InChI is InChI=1S/C29H41F4N3O3/c1-3-5-7-8-11-22(30)20-39-25-13-12-21-17-24(36-27(31)26(21)29(25,32)33)28-34-18-23(19-35-28)38-16-10-9-15-37-14-6-4-2/h17-19,22,25H,3-16,20H2,1-2H3. The summed E-state index contributed by atoms with van der Waals surface area (Å²) in [5.41, 5.74) is -0.601. The van der Waals surface area contributed by atoms with E-state index in [1.165, 1.54) is 18.5 Å². The van der Waals surface area contributed by atoms with Crippen LogP contribution in [0.3, 0.4) is 0 Å². The van der Waals surface area contributed by atoms with Gasteiger partial charge < -0.3 is 14.2 Å². The van der Waals surface area contributed by atoms with Gasteiger partial charge in [-0.2, -0.15) is 13.2 Å². The van der Waals surface area contributed by atoms with E-state index in [1.54, 1.807) is 0 Å². The van der Waals surface area contributed by atoms with Gasteiger partial charge in [-0.3, -0.25) is 0 Å². The lowest BCUT2D eigenvalue weighted by Gasteiger charge is -2.33. The molecule has 2 unspecified atom stereocenters. The van der Waals surface area contributed by atoms with Crippen molar-refractivity contribution >= 4 is 0 Å². The summed E-state index contributed by atoms with van der Waals surface area (Å²) in [6, 6.07) is 1.39. The largest absolute Gasteiger partial charge is 0.490 e. The molecule has 0 radical (unpaired) electrons. The molecule has 1 aliphatic rings. The zero-order valence-electron chi connectivity index (χ0n) is 23.1. The highest BCUT2D eigenvalue weighted by atomic mass is 19.3. The number of aromatic nitrogens is 3. The third-order valence-electron chi connectivity index (χ3n) is 6.77. The van der Waals surface area contributed by atoms with Crippen molar-refractivity contribution in [2.75, 3.05) is 26.4 Å². The second kappa shape index (κ2) is 16.1. The van der Waals surface area contributed by atoms with Crippen LogP contribution in [-0.2, 0) is 21.8 Å². The number of pyridine rings is 1. The summed E-state index contributed by atoms with van der Waals surface area (Å²) in [6.07, 6.45) is 7.84. The van der Waals surface area contributed by atoms with E-state index in [-0.39, 0.29) is 36.3 Å². The van der Waals surface area contributed by atoms with E-state index in [2.05, 4.69) is 28.8 Å². The molecule has 0 aliphatic heterocycles. The Morgan fingerprint density at radius 3 is 2.44 bits per heavy atom. The van der Waals surface area contributed by atoms with Crippen LogP contribution in [0.5, 0.6) is 5.75 Å². The number of hydrogen-bond acceptors (Lipinski definition) is 6. The SMILES string of the molecule is CCCCCCC(F)COC1CCc2cc(-c3ncc(OCCCCOCCCC)cn3)nc(F)c2C1(F)F. The molecule has 10 heteroatoms. The summed E-state index contributed by atoms with van der Waals surface area (Å²) in [4.78, 5) is 12.1. The molecular weight excluding hydrogens is 514 g/mol. The summed E-state index contributed by atoms with van der Waals surface area (Å²) in [5, 5.41) is 0. The predicted molar refractivity (Wildman–Crippen MR) is 141 cm³/mol. The van der Waals surface area contributed by atoms with E-state index >= 15 is 8.78 Å². The maximum absolute atomic E-state index is 15.2. The monoisotopic (exact) mass is 555 g/mol. The Hall–Kier alpha value is -2.33. The number of halogens is 4. The minimum absolute atomic E-state index is 0.0529. The van der Waals surface area contributed by atoms with Gasteiger partial charge in [-0.1, -0.05) is 46.0 Å². The van der Waals surface area contributed by atoms with Gasteiger partial charge in [0.25, 0.3) is 0 Å². The van der Waals surface area contributed by atoms with Gasteiger partial charge in [-0.25, -0.2) is 19.3 Å². The molecule has 2 heterocycles. The minimum atomic E-state index is -3.62. The lowest BCUT2D eigenvalue weighted by Crippen LogP contribution is -2.40. The molecule has 39 heavy (non-hydrogen) atoms. The number of unbranched alkanes of at least 4 members (excludes halogenated alkanes) is 5. The Bertz CT molecular complexity index is 994. The molecule has 0 amide bonds. The first-order chi connectivity index (χ1) is 18.9. The number of rotatable bonds is 18. The maximum atomic E-state index is 15.2. The molecule has 218 valence electrons. The van der Waals surface area contributed by atoms with Gasteiger partial charge in [0, 0.05) is 13.2 Å². The summed E-state index contributed by atoms with van der Waals surface area (Å²) >= 11 is 0. The van der Waals surface area contributed by atoms with Gasteiger partial charge in [-0.05, 0) is 50.2 Å². The molecule has 0 saturated heterocycles. The van der Waals surface area contributed by atoms with Crippen molar-refractivity contribution < 1.29 is 31.8 Å². The molecule has 1 aliphatic carbocycles. The van der Waals surface area contributed by atoms with E-state index in [4.69, 9.17) is 14.2 Å². The van der Waals surface area contributed by atoms with Crippen molar-refractivity contribution in [3.8, 4) is 17.3 Å².